The van der Waals surface area contributed by atoms with Gasteiger partial charge in [-0.1, -0.05) is 19.1 Å². The molecule has 0 radical (unpaired) electrons. The Balaban J connectivity index is 2.15. The number of thiocarbonyl (C=S) groups is 1. The molecule has 1 aliphatic rings. The van der Waals surface area contributed by atoms with Gasteiger partial charge in [0.15, 0.2) is 11.5 Å². The number of rotatable bonds is 5. The zero-order valence-electron chi connectivity index (χ0n) is 12.3. The maximum absolute atomic E-state index is 12.6. The van der Waals surface area contributed by atoms with Gasteiger partial charge >= 0.3 is 0 Å². The number of nitrogens with two attached hydrogens (primary N) is 1. The topological polar surface area (TPSA) is 64.8 Å². The molecule has 1 unspecified atom stereocenters. The molecule has 0 bridgehead atoms. The Morgan fingerprint density at radius 1 is 1.38 bits per heavy atom. The molecular weight excluding hydrogens is 288 g/mol. The monoisotopic (exact) mass is 308 g/mol. The van der Waals surface area contributed by atoms with Gasteiger partial charge in [-0.15, -0.1) is 0 Å². The van der Waals surface area contributed by atoms with Crippen molar-refractivity contribution in [1.29, 1.82) is 0 Å². The number of amides is 1. The fourth-order valence-electron chi connectivity index (χ4n) is 2.14. The molecule has 6 heteroatoms. The van der Waals surface area contributed by atoms with Crippen molar-refractivity contribution < 1.29 is 14.3 Å². The van der Waals surface area contributed by atoms with Crippen LogP contribution in [0, 0.1) is 5.92 Å². The van der Waals surface area contributed by atoms with E-state index < -0.39 is 0 Å². The number of hydrogen-bond acceptors (Lipinski definition) is 4. The van der Waals surface area contributed by atoms with E-state index in [-0.39, 0.29) is 11.8 Å². The van der Waals surface area contributed by atoms with E-state index in [4.69, 9.17) is 27.4 Å². The highest BCUT2D eigenvalue weighted by molar-refractivity contribution is 7.80. The summed E-state index contributed by atoms with van der Waals surface area (Å²) in [4.78, 5) is 14.7. The molecule has 0 aliphatic carbocycles. The predicted molar refractivity (Wildman–Crippen MR) is 85.0 cm³/mol. The van der Waals surface area contributed by atoms with E-state index in [1.54, 1.807) is 23.1 Å². The number of ether oxygens (including phenoxy) is 2. The molecule has 0 aromatic heterocycles. The van der Waals surface area contributed by atoms with E-state index in [2.05, 4.69) is 0 Å². The van der Waals surface area contributed by atoms with E-state index in [0.29, 0.717) is 48.4 Å². The average Bonchev–Trinajstić information content (AvgIpc) is 2.51. The molecule has 2 N–H and O–H groups in total. The summed E-state index contributed by atoms with van der Waals surface area (Å²) >= 11 is 4.97. The van der Waals surface area contributed by atoms with Gasteiger partial charge in [-0.25, -0.2) is 0 Å². The average molecular weight is 308 g/mol. The quantitative estimate of drug-likeness (QED) is 0.841. The van der Waals surface area contributed by atoms with E-state index in [9.17, 15) is 4.79 Å². The van der Waals surface area contributed by atoms with Crippen LogP contribution in [0.15, 0.2) is 18.2 Å². The van der Waals surface area contributed by atoms with Crippen molar-refractivity contribution in [2.45, 2.75) is 13.8 Å². The van der Waals surface area contributed by atoms with Crippen molar-refractivity contribution >= 4 is 23.1 Å². The highest BCUT2D eigenvalue weighted by Gasteiger charge is 2.20. The van der Waals surface area contributed by atoms with Crippen LogP contribution in [-0.4, -0.2) is 42.1 Å². The lowest BCUT2D eigenvalue weighted by atomic mass is 10.1. The fourth-order valence-corrected chi connectivity index (χ4v) is 2.21. The van der Waals surface area contributed by atoms with E-state index in [1.807, 2.05) is 13.8 Å². The number of hydrogen-bond donors (Lipinski definition) is 1. The Hall–Kier alpha value is -1.82. The second-order valence-corrected chi connectivity index (χ2v) is 5.48. The highest BCUT2D eigenvalue weighted by atomic mass is 32.1. The van der Waals surface area contributed by atoms with Gasteiger partial charge in [0.1, 0.15) is 13.2 Å². The van der Waals surface area contributed by atoms with Crippen LogP contribution in [-0.2, 0) is 0 Å². The molecular formula is C15H20N2O3S. The SMILES string of the molecule is CCN(CC(C)C(N)=S)C(=O)c1ccc2c(c1)OCCO2. The lowest BCUT2D eigenvalue weighted by Gasteiger charge is -2.25. The molecule has 0 saturated heterocycles. The summed E-state index contributed by atoms with van der Waals surface area (Å²) in [6.07, 6.45) is 0. The highest BCUT2D eigenvalue weighted by Crippen LogP contribution is 2.31. The Bertz CT molecular complexity index is 548. The summed E-state index contributed by atoms with van der Waals surface area (Å²) in [5, 5.41) is 0. The van der Waals surface area contributed by atoms with E-state index >= 15 is 0 Å². The number of carbonyl (C=O) groups excluding carboxylic acids is 1. The third-order valence-electron chi connectivity index (χ3n) is 3.44. The Labute approximate surface area is 130 Å². The van der Waals surface area contributed by atoms with Gasteiger partial charge in [-0.2, -0.15) is 0 Å². The van der Waals surface area contributed by atoms with Gasteiger partial charge < -0.3 is 20.1 Å². The van der Waals surface area contributed by atoms with Crippen LogP contribution in [0.5, 0.6) is 11.5 Å². The molecule has 1 amide bonds. The zero-order valence-corrected chi connectivity index (χ0v) is 13.1. The number of carbonyl (C=O) groups is 1. The van der Waals surface area contributed by atoms with Crippen LogP contribution in [0.1, 0.15) is 24.2 Å². The van der Waals surface area contributed by atoms with Crippen molar-refractivity contribution in [2.75, 3.05) is 26.3 Å². The van der Waals surface area contributed by atoms with Crippen molar-refractivity contribution in [2.24, 2.45) is 11.7 Å². The minimum Gasteiger partial charge on any atom is -0.486 e. The second kappa shape index (κ2) is 6.76. The Kier molecular flexibility index (Phi) is 5.01. The predicted octanol–water partition coefficient (Wildman–Crippen LogP) is 1.84. The molecule has 0 fully saturated rings. The molecule has 1 aromatic carbocycles. The van der Waals surface area contributed by atoms with E-state index in [1.165, 1.54) is 0 Å². The third kappa shape index (κ3) is 3.64. The molecule has 0 saturated carbocycles. The molecule has 1 atom stereocenters. The molecule has 21 heavy (non-hydrogen) atoms. The first-order valence-electron chi connectivity index (χ1n) is 7.01. The second-order valence-electron chi connectivity index (χ2n) is 5.01. The minimum absolute atomic E-state index is 0.0129. The zero-order chi connectivity index (χ0) is 15.4. The van der Waals surface area contributed by atoms with Gasteiger partial charge in [0.2, 0.25) is 0 Å². The third-order valence-corrected chi connectivity index (χ3v) is 3.84. The summed E-state index contributed by atoms with van der Waals surface area (Å²) in [5.41, 5.74) is 6.21. The summed E-state index contributed by atoms with van der Waals surface area (Å²) in [5.74, 6) is 1.22. The van der Waals surface area contributed by atoms with E-state index in [0.717, 1.165) is 0 Å². The normalized spacial score (nSPS) is 14.4. The van der Waals surface area contributed by atoms with Crippen molar-refractivity contribution in [3.63, 3.8) is 0 Å². The van der Waals surface area contributed by atoms with Gasteiger partial charge in [0.25, 0.3) is 5.91 Å². The van der Waals surface area contributed by atoms with Crippen LogP contribution >= 0.6 is 12.2 Å². The Morgan fingerprint density at radius 3 is 2.67 bits per heavy atom. The number of fused-ring (bicyclic) bond motifs is 1. The first-order valence-corrected chi connectivity index (χ1v) is 7.42. The standard InChI is InChI=1S/C15H20N2O3S/c1-3-17(9-10(2)14(16)21)15(18)11-4-5-12-13(8-11)20-7-6-19-12/h4-5,8,10H,3,6-7,9H2,1-2H3,(H2,16,21). The Morgan fingerprint density at radius 2 is 2.05 bits per heavy atom. The first kappa shape index (κ1) is 15.6. The maximum atomic E-state index is 12.6. The lowest BCUT2D eigenvalue weighted by molar-refractivity contribution is 0.0753. The summed E-state index contributed by atoms with van der Waals surface area (Å²) in [6.45, 7) is 6.00. The largest absolute Gasteiger partial charge is 0.486 e. The van der Waals surface area contributed by atoms with Crippen LogP contribution in [0.25, 0.3) is 0 Å². The molecule has 0 spiro atoms. The summed E-state index contributed by atoms with van der Waals surface area (Å²) < 4.78 is 11.0. The minimum atomic E-state index is -0.0578. The molecule has 1 heterocycles. The van der Waals surface area contributed by atoms with Gasteiger partial charge in [0, 0.05) is 24.6 Å². The van der Waals surface area contributed by atoms with Gasteiger partial charge in [-0.3, -0.25) is 4.79 Å². The molecule has 1 aliphatic heterocycles. The number of benzene rings is 1. The molecule has 2 rings (SSSR count). The lowest BCUT2D eigenvalue weighted by Crippen LogP contribution is -2.38. The van der Waals surface area contributed by atoms with Crippen LogP contribution in [0.4, 0.5) is 0 Å². The van der Waals surface area contributed by atoms with Crippen molar-refractivity contribution in [3.8, 4) is 11.5 Å². The van der Waals surface area contributed by atoms with Crippen LogP contribution in [0.2, 0.25) is 0 Å². The van der Waals surface area contributed by atoms with Crippen LogP contribution in [0.3, 0.4) is 0 Å². The summed E-state index contributed by atoms with van der Waals surface area (Å²) in [6, 6.07) is 5.25. The smallest absolute Gasteiger partial charge is 0.254 e. The van der Waals surface area contributed by atoms with Gasteiger partial charge in [0.05, 0.1) is 4.99 Å². The molecule has 5 nitrogen and oxygen atoms in total. The fraction of sp³-hybridized carbons (Fsp3) is 0.467. The first-order chi connectivity index (χ1) is 10.0. The van der Waals surface area contributed by atoms with Crippen molar-refractivity contribution in [1.82, 2.24) is 4.90 Å². The van der Waals surface area contributed by atoms with Crippen molar-refractivity contribution in [3.05, 3.63) is 23.8 Å². The molecule has 1 aromatic rings. The number of nitrogens with zero attached hydrogens (tertiary/aromatic N) is 1. The maximum Gasteiger partial charge on any atom is 0.254 e. The summed E-state index contributed by atoms with van der Waals surface area (Å²) in [7, 11) is 0. The molecule has 114 valence electrons. The van der Waals surface area contributed by atoms with Crippen LogP contribution < -0.4 is 15.2 Å². The van der Waals surface area contributed by atoms with Gasteiger partial charge in [-0.05, 0) is 25.1 Å².